The third kappa shape index (κ3) is 4.83. The maximum atomic E-state index is 13.3. The molecular formula is C25H24N6O3S. The van der Waals surface area contributed by atoms with E-state index in [2.05, 4.69) is 20.9 Å². The molecule has 5 rings (SSSR count). The summed E-state index contributed by atoms with van der Waals surface area (Å²) in [4.78, 5) is 42.6. The molecule has 2 aromatic carbocycles. The number of benzene rings is 2. The summed E-state index contributed by atoms with van der Waals surface area (Å²) in [6, 6.07) is 17.9. The van der Waals surface area contributed by atoms with Gasteiger partial charge in [-0.15, -0.1) is 5.10 Å². The second-order valence-corrected chi connectivity index (χ2v) is 9.15. The second-order valence-electron chi connectivity index (χ2n) is 8.21. The fraction of sp³-hybridized carbons (Fsp3) is 0.240. The van der Waals surface area contributed by atoms with Crippen LogP contribution in [-0.2, 0) is 17.8 Å². The van der Waals surface area contributed by atoms with Crippen LogP contribution < -0.4 is 16.4 Å². The second kappa shape index (κ2) is 10.1. The van der Waals surface area contributed by atoms with Gasteiger partial charge in [-0.25, -0.2) is 4.98 Å². The first-order valence-corrected chi connectivity index (χ1v) is 12.5. The Kier molecular flexibility index (Phi) is 6.62. The maximum Gasteiger partial charge on any atom is 0.284 e. The molecular weight excluding hydrogens is 464 g/mol. The first-order chi connectivity index (χ1) is 17.1. The number of rotatable bonds is 5. The average molecular weight is 489 g/mol. The van der Waals surface area contributed by atoms with Crippen LogP contribution >= 0.6 is 11.8 Å². The Hall–Kier alpha value is -3.92. The highest BCUT2D eigenvalue weighted by Gasteiger charge is 2.27. The number of fused-ring (bicyclic) bond motifs is 3. The number of para-hydroxylation sites is 1. The predicted molar refractivity (Wildman–Crippen MR) is 133 cm³/mol. The zero-order valence-corrected chi connectivity index (χ0v) is 19.8. The number of hydrogen-bond acceptors (Lipinski definition) is 6. The Morgan fingerprint density at radius 3 is 2.46 bits per heavy atom. The lowest BCUT2D eigenvalue weighted by Gasteiger charge is -2.17. The molecule has 10 heteroatoms. The van der Waals surface area contributed by atoms with Crippen molar-refractivity contribution in [2.24, 2.45) is 0 Å². The van der Waals surface area contributed by atoms with Gasteiger partial charge in [-0.3, -0.25) is 25.2 Å². The quantitative estimate of drug-likeness (QED) is 0.254. The lowest BCUT2D eigenvalue weighted by atomic mass is 10.1. The van der Waals surface area contributed by atoms with E-state index >= 15 is 0 Å². The average Bonchev–Trinajstić information content (AvgIpc) is 3.05. The molecule has 3 heterocycles. The number of carbonyl (C=O) groups excluding carboxylic acids is 2. The van der Waals surface area contributed by atoms with Crippen LogP contribution in [0.5, 0.6) is 0 Å². The van der Waals surface area contributed by atoms with Crippen LogP contribution in [0.15, 0.2) is 70.6 Å². The van der Waals surface area contributed by atoms with Gasteiger partial charge in [-0.1, -0.05) is 54.6 Å². The van der Waals surface area contributed by atoms with Crippen LogP contribution in [0.1, 0.15) is 35.3 Å². The minimum atomic E-state index is -0.388. The van der Waals surface area contributed by atoms with Crippen molar-refractivity contribution in [2.75, 3.05) is 5.75 Å². The van der Waals surface area contributed by atoms with E-state index in [1.165, 1.54) is 16.4 Å². The summed E-state index contributed by atoms with van der Waals surface area (Å²) in [7, 11) is 0. The molecule has 0 saturated heterocycles. The normalized spacial score (nSPS) is 13.1. The van der Waals surface area contributed by atoms with Crippen molar-refractivity contribution >= 4 is 23.6 Å². The zero-order valence-electron chi connectivity index (χ0n) is 18.9. The molecule has 0 aromatic heterocycles. The molecule has 0 fully saturated rings. The topological polar surface area (TPSA) is 111 Å². The SMILES string of the molecule is O=C(CSc1nc2nn(-c3ccccc3)c(=O)c-2c2n1CCCCC2)NNC(=O)c1ccccc1. The van der Waals surface area contributed by atoms with Gasteiger partial charge in [0.25, 0.3) is 11.5 Å². The number of thioether (sulfide) groups is 1. The van der Waals surface area contributed by atoms with E-state index in [1.807, 2.05) is 41.0 Å². The summed E-state index contributed by atoms with van der Waals surface area (Å²) in [6.07, 6.45) is 3.76. The molecule has 0 bridgehead atoms. The van der Waals surface area contributed by atoms with Crippen LogP contribution in [0, 0.1) is 0 Å². The van der Waals surface area contributed by atoms with Crippen LogP contribution in [0.2, 0.25) is 0 Å². The van der Waals surface area contributed by atoms with Gasteiger partial charge in [0.2, 0.25) is 5.91 Å². The zero-order chi connectivity index (χ0) is 24.2. The van der Waals surface area contributed by atoms with Crippen molar-refractivity contribution in [3.63, 3.8) is 0 Å². The Balaban J connectivity index is 1.38. The van der Waals surface area contributed by atoms with Gasteiger partial charge in [-0.05, 0) is 43.5 Å². The van der Waals surface area contributed by atoms with Gasteiger partial charge < -0.3 is 4.57 Å². The third-order valence-electron chi connectivity index (χ3n) is 5.85. The molecule has 0 atom stereocenters. The number of hydrogen-bond donors (Lipinski definition) is 2. The lowest BCUT2D eigenvalue weighted by molar-refractivity contribution is -0.119. The molecule has 0 saturated carbocycles. The van der Waals surface area contributed by atoms with Gasteiger partial charge >= 0.3 is 0 Å². The Labute approximate surface area is 205 Å². The molecule has 2 amide bonds. The van der Waals surface area contributed by atoms with E-state index < -0.39 is 0 Å². The molecule has 9 nitrogen and oxygen atoms in total. The molecule has 0 aliphatic carbocycles. The number of nitrogens with one attached hydrogen (secondary N) is 2. The summed E-state index contributed by atoms with van der Waals surface area (Å²) >= 11 is 1.26. The standard InChI is InChI=1S/C25H24N6O3S/c32-20(27-28-23(33)17-10-4-1-5-11-17)16-35-25-26-22-21(19-14-8-3-9-15-30(19)25)24(34)31(29-22)18-12-6-2-7-13-18/h1-2,4-7,10-13H,3,8-9,14-16H2,(H,27,32)(H,28,33). The molecule has 0 spiro atoms. The molecule has 3 aliphatic rings. The minimum Gasteiger partial charge on any atom is -0.324 e. The number of hydrazine groups is 1. The van der Waals surface area contributed by atoms with Crippen molar-refractivity contribution in [3.8, 4) is 17.1 Å². The van der Waals surface area contributed by atoms with Gasteiger partial charge in [0.15, 0.2) is 11.0 Å². The van der Waals surface area contributed by atoms with Crippen molar-refractivity contribution in [3.05, 3.63) is 82.3 Å². The Bertz CT molecular complexity index is 1380. The van der Waals surface area contributed by atoms with Gasteiger partial charge in [0, 0.05) is 17.8 Å². The lowest BCUT2D eigenvalue weighted by Crippen LogP contribution is -2.42. The first-order valence-electron chi connectivity index (χ1n) is 11.5. The number of aromatic nitrogens is 4. The first kappa shape index (κ1) is 22.9. The Morgan fingerprint density at radius 2 is 1.69 bits per heavy atom. The molecule has 0 unspecified atom stereocenters. The largest absolute Gasteiger partial charge is 0.324 e. The summed E-state index contributed by atoms with van der Waals surface area (Å²) in [5.74, 6) is -0.312. The van der Waals surface area contributed by atoms with E-state index in [9.17, 15) is 14.4 Å². The Morgan fingerprint density at radius 1 is 0.943 bits per heavy atom. The fourth-order valence-corrected chi connectivity index (χ4v) is 5.00. The highest BCUT2D eigenvalue weighted by Crippen LogP contribution is 2.30. The maximum absolute atomic E-state index is 13.3. The third-order valence-corrected chi connectivity index (χ3v) is 6.83. The summed E-state index contributed by atoms with van der Waals surface area (Å²) in [5, 5.41) is 5.15. The van der Waals surface area contributed by atoms with E-state index in [4.69, 9.17) is 0 Å². The van der Waals surface area contributed by atoms with Gasteiger partial charge in [0.05, 0.1) is 11.4 Å². The van der Waals surface area contributed by atoms with Crippen LogP contribution in [0.3, 0.4) is 0 Å². The van der Waals surface area contributed by atoms with Gasteiger partial charge in [0.1, 0.15) is 5.56 Å². The smallest absolute Gasteiger partial charge is 0.284 e. The minimum absolute atomic E-state index is 0.0522. The van der Waals surface area contributed by atoms with Crippen molar-refractivity contribution in [1.82, 2.24) is 30.2 Å². The molecule has 3 aliphatic heterocycles. The van der Waals surface area contributed by atoms with E-state index in [0.717, 1.165) is 37.9 Å². The highest BCUT2D eigenvalue weighted by atomic mass is 32.2. The van der Waals surface area contributed by atoms with E-state index in [1.54, 1.807) is 24.3 Å². The van der Waals surface area contributed by atoms with Gasteiger partial charge in [-0.2, -0.15) is 4.68 Å². The van der Waals surface area contributed by atoms with Crippen molar-refractivity contribution in [1.29, 1.82) is 0 Å². The van der Waals surface area contributed by atoms with Crippen molar-refractivity contribution in [2.45, 2.75) is 37.4 Å². The number of carbonyl (C=O) groups is 2. The summed E-state index contributed by atoms with van der Waals surface area (Å²) in [6.45, 7) is 0.725. The highest BCUT2D eigenvalue weighted by molar-refractivity contribution is 7.99. The summed E-state index contributed by atoms with van der Waals surface area (Å²) in [5.41, 5.74) is 7.30. The molecule has 35 heavy (non-hydrogen) atoms. The van der Waals surface area contributed by atoms with Crippen molar-refractivity contribution < 1.29 is 9.59 Å². The number of nitrogens with zero attached hydrogens (tertiary/aromatic N) is 4. The summed E-state index contributed by atoms with van der Waals surface area (Å²) < 4.78 is 3.44. The van der Waals surface area contributed by atoms with Crippen LogP contribution in [-0.4, -0.2) is 36.9 Å². The molecule has 2 N–H and O–H groups in total. The van der Waals surface area contributed by atoms with Crippen LogP contribution in [0.4, 0.5) is 0 Å². The monoisotopic (exact) mass is 488 g/mol. The number of amides is 2. The van der Waals surface area contributed by atoms with E-state index in [-0.39, 0.29) is 23.1 Å². The van der Waals surface area contributed by atoms with E-state index in [0.29, 0.717) is 27.8 Å². The predicted octanol–water partition coefficient (Wildman–Crippen LogP) is 2.81. The molecule has 0 radical (unpaired) electrons. The molecule has 178 valence electrons. The molecule has 2 aromatic rings. The fourth-order valence-electron chi connectivity index (χ4n) is 4.16. The van der Waals surface area contributed by atoms with Crippen LogP contribution in [0.25, 0.3) is 17.1 Å².